The lowest BCUT2D eigenvalue weighted by Gasteiger charge is -2.05. The molecule has 0 aliphatic rings. The van der Waals surface area contributed by atoms with Crippen LogP contribution in [0.25, 0.3) is 5.52 Å². The van der Waals surface area contributed by atoms with E-state index < -0.39 is 0 Å². The van der Waals surface area contributed by atoms with Crippen LogP contribution in [0.15, 0.2) is 43.1 Å². The molecular formula is C12H11N5O. The van der Waals surface area contributed by atoms with E-state index in [1.165, 1.54) is 0 Å². The molecule has 6 nitrogen and oxygen atoms in total. The number of nitrogens with zero attached hydrogens (tertiary/aromatic N) is 4. The number of rotatable bonds is 2. The van der Waals surface area contributed by atoms with E-state index in [2.05, 4.69) is 15.4 Å². The van der Waals surface area contributed by atoms with Crippen LogP contribution in [0.2, 0.25) is 0 Å². The molecule has 0 saturated carbocycles. The summed E-state index contributed by atoms with van der Waals surface area (Å²) in [5, 5.41) is 6.79. The van der Waals surface area contributed by atoms with Gasteiger partial charge < -0.3 is 9.72 Å². The number of amides is 1. The molecule has 0 unspecified atom stereocenters. The van der Waals surface area contributed by atoms with Gasteiger partial charge in [0.2, 0.25) is 0 Å². The van der Waals surface area contributed by atoms with E-state index >= 15 is 0 Å². The first-order valence-electron chi connectivity index (χ1n) is 5.45. The highest BCUT2D eigenvalue weighted by Crippen LogP contribution is 2.10. The van der Waals surface area contributed by atoms with Crippen molar-refractivity contribution in [2.24, 2.45) is 7.05 Å². The zero-order valence-corrected chi connectivity index (χ0v) is 9.74. The third kappa shape index (κ3) is 1.73. The molecule has 0 bridgehead atoms. The summed E-state index contributed by atoms with van der Waals surface area (Å²) in [6.07, 6.45) is 6.84. The van der Waals surface area contributed by atoms with Crippen LogP contribution in [0.4, 0.5) is 5.82 Å². The fourth-order valence-electron chi connectivity index (χ4n) is 1.75. The van der Waals surface area contributed by atoms with E-state index in [4.69, 9.17) is 0 Å². The van der Waals surface area contributed by atoms with Gasteiger partial charge in [0.05, 0.1) is 24.2 Å². The quantitative estimate of drug-likeness (QED) is 0.736. The molecule has 18 heavy (non-hydrogen) atoms. The van der Waals surface area contributed by atoms with Crippen LogP contribution in [-0.2, 0) is 7.05 Å². The zero-order chi connectivity index (χ0) is 12.5. The number of anilines is 1. The summed E-state index contributed by atoms with van der Waals surface area (Å²) < 4.78 is 3.45. The average Bonchev–Trinajstić information content (AvgIpc) is 2.98. The van der Waals surface area contributed by atoms with Gasteiger partial charge in [-0.3, -0.25) is 9.48 Å². The van der Waals surface area contributed by atoms with Gasteiger partial charge in [0.15, 0.2) is 0 Å². The molecule has 0 saturated heterocycles. The molecule has 0 aliphatic heterocycles. The summed E-state index contributed by atoms with van der Waals surface area (Å²) in [6, 6.07) is 5.29. The lowest BCUT2D eigenvalue weighted by atomic mass is 10.2. The van der Waals surface area contributed by atoms with Gasteiger partial charge in [-0.15, -0.1) is 0 Å². The van der Waals surface area contributed by atoms with Gasteiger partial charge in [0.25, 0.3) is 5.91 Å². The van der Waals surface area contributed by atoms with Crippen molar-refractivity contribution in [3.05, 3.63) is 48.7 Å². The van der Waals surface area contributed by atoms with Crippen molar-refractivity contribution in [1.82, 2.24) is 19.2 Å². The lowest BCUT2D eigenvalue weighted by molar-refractivity contribution is 0.102. The predicted octanol–water partition coefficient (Wildman–Crippen LogP) is 1.32. The van der Waals surface area contributed by atoms with Crippen molar-refractivity contribution in [3.63, 3.8) is 0 Å². The van der Waals surface area contributed by atoms with Gasteiger partial charge in [-0.05, 0) is 12.1 Å². The lowest BCUT2D eigenvalue weighted by Crippen LogP contribution is -2.14. The van der Waals surface area contributed by atoms with Crippen molar-refractivity contribution in [2.75, 3.05) is 5.32 Å². The van der Waals surface area contributed by atoms with E-state index in [-0.39, 0.29) is 5.91 Å². The Morgan fingerprint density at radius 3 is 3.06 bits per heavy atom. The minimum absolute atomic E-state index is 0.165. The van der Waals surface area contributed by atoms with Gasteiger partial charge in [-0.2, -0.15) is 5.10 Å². The van der Waals surface area contributed by atoms with Gasteiger partial charge in [-0.1, -0.05) is 0 Å². The summed E-state index contributed by atoms with van der Waals surface area (Å²) in [6.45, 7) is 0. The molecule has 0 spiro atoms. The number of carbonyl (C=O) groups excluding carboxylic acids is 1. The van der Waals surface area contributed by atoms with E-state index in [9.17, 15) is 4.79 Å². The highest BCUT2D eigenvalue weighted by atomic mass is 16.1. The van der Waals surface area contributed by atoms with Crippen molar-refractivity contribution < 1.29 is 4.79 Å². The fraction of sp³-hybridized carbons (Fsp3) is 0.0833. The van der Waals surface area contributed by atoms with E-state index in [0.717, 1.165) is 5.52 Å². The topological polar surface area (TPSA) is 64.2 Å². The first-order chi connectivity index (χ1) is 8.74. The smallest absolute Gasteiger partial charge is 0.256 e. The molecule has 1 amide bonds. The summed E-state index contributed by atoms with van der Waals surface area (Å²) in [5.74, 6) is 0.496. The minimum atomic E-state index is -0.165. The predicted molar refractivity (Wildman–Crippen MR) is 66.4 cm³/mol. The highest BCUT2D eigenvalue weighted by molar-refractivity contribution is 6.04. The summed E-state index contributed by atoms with van der Waals surface area (Å²) >= 11 is 0. The van der Waals surface area contributed by atoms with Crippen LogP contribution in [-0.4, -0.2) is 25.1 Å². The standard InChI is InChI=1S/C12H11N5O/c1-16-11(2-4-14-16)15-12(18)9-3-5-17-8-13-7-10(17)6-9/h2-8H,1H3,(H,15,18). The number of aromatic nitrogens is 4. The third-order valence-electron chi connectivity index (χ3n) is 2.74. The van der Waals surface area contributed by atoms with E-state index in [0.29, 0.717) is 11.4 Å². The Balaban J connectivity index is 1.89. The van der Waals surface area contributed by atoms with Crippen LogP contribution < -0.4 is 5.32 Å². The first-order valence-corrected chi connectivity index (χ1v) is 5.45. The number of nitrogens with one attached hydrogen (secondary N) is 1. The minimum Gasteiger partial charge on any atom is -0.307 e. The normalized spacial score (nSPS) is 10.7. The maximum atomic E-state index is 12.0. The molecule has 3 heterocycles. The number of aryl methyl sites for hydroxylation is 1. The van der Waals surface area contributed by atoms with E-state index in [1.807, 2.05) is 4.40 Å². The molecule has 3 aromatic heterocycles. The van der Waals surface area contributed by atoms with Crippen molar-refractivity contribution in [2.45, 2.75) is 0 Å². The fourth-order valence-corrected chi connectivity index (χ4v) is 1.75. The molecule has 0 aliphatic carbocycles. The largest absolute Gasteiger partial charge is 0.307 e. The van der Waals surface area contributed by atoms with Crippen molar-refractivity contribution in [3.8, 4) is 0 Å². The number of carbonyl (C=O) groups is 1. The number of hydrogen-bond donors (Lipinski definition) is 1. The Kier molecular flexibility index (Phi) is 2.33. The molecule has 0 atom stereocenters. The molecule has 3 aromatic rings. The maximum Gasteiger partial charge on any atom is 0.256 e. The van der Waals surface area contributed by atoms with Gasteiger partial charge in [0, 0.05) is 24.9 Å². The number of hydrogen-bond acceptors (Lipinski definition) is 3. The average molecular weight is 241 g/mol. The number of imidazole rings is 1. The Morgan fingerprint density at radius 2 is 2.28 bits per heavy atom. The zero-order valence-electron chi connectivity index (χ0n) is 9.74. The Morgan fingerprint density at radius 1 is 1.39 bits per heavy atom. The molecule has 0 fully saturated rings. The first kappa shape index (κ1) is 10.5. The van der Waals surface area contributed by atoms with Gasteiger partial charge >= 0.3 is 0 Å². The van der Waals surface area contributed by atoms with Crippen LogP contribution in [0.1, 0.15) is 10.4 Å². The van der Waals surface area contributed by atoms with Crippen LogP contribution >= 0.6 is 0 Å². The van der Waals surface area contributed by atoms with E-state index in [1.54, 1.807) is 54.8 Å². The maximum absolute atomic E-state index is 12.0. The van der Waals surface area contributed by atoms with Crippen LogP contribution in [0.5, 0.6) is 0 Å². The SMILES string of the molecule is Cn1nccc1NC(=O)c1ccn2cncc2c1. The molecule has 0 aromatic carbocycles. The van der Waals surface area contributed by atoms with Gasteiger partial charge in [-0.25, -0.2) is 4.98 Å². The summed E-state index contributed by atoms with van der Waals surface area (Å²) in [7, 11) is 1.77. The second-order valence-electron chi connectivity index (χ2n) is 3.94. The Labute approximate surface area is 103 Å². The Hall–Kier alpha value is -2.63. The second kappa shape index (κ2) is 3.99. The van der Waals surface area contributed by atoms with Crippen LogP contribution in [0, 0.1) is 0 Å². The molecule has 6 heteroatoms. The third-order valence-corrected chi connectivity index (χ3v) is 2.74. The molecule has 90 valence electrons. The monoisotopic (exact) mass is 241 g/mol. The summed E-state index contributed by atoms with van der Waals surface area (Å²) in [5.41, 5.74) is 1.47. The molecule has 0 radical (unpaired) electrons. The summed E-state index contributed by atoms with van der Waals surface area (Å²) in [4.78, 5) is 16.1. The highest BCUT2D eigenvalue weighted by Gasteiger charge is 2.08. The van der Waals surface area contributed by atoms with Crippen LogP contribution in [0.3, 0.4) is 0 Å². The number of pyridine rings is 1. The molecule has 3 rings (SSSR count). The Bertz CT molecular complexity index is 712. The second-order valence-corrected chi connectivity index (χ2v) is 3.94. The number of fused-ring (bicyclic) bond motifs is 1. The van der Waals surface area contributed by atoms with Gasteiger partial charge in [0.1, 0.15) is 5.82 Å². The molecular weight excluding hydrogens is 230 g/mol. The van der Waals surface area contributed by atoms with Crippen molar-refractivity contribution >= 4 is 17.2 Å². The molecule has 1 N–H and O–H groups in total. The van der Waals surface area contributed by atoms with Crippen molar-refractivity contribution in [1.29, 1.82) is 0 Å².